The van der Waals surface area contributed by atoms with Gasteiger partial charge in [-0.05, 0) is 37.4 Å². The van der Waals surface area contributed by atoms with E-state index in [9.17, 15) is 4.79 Å². The maximum absolute atomic E-state index is 12.3. The topological polar surface area (TPSA) is 71.2 Å². The number of rotatable bonds is 3. The van der Waals surface area contributed by atoms with Gasteiger partial charge in [0.05, 0.1) is 5.56 Å². The van der Waals surface area contributed by atoms with Crippen LogP contribution in [0.2, 0.25) is 0 Å². The molecule has 108 valence electrons. The van der Waals surface area contributed by atoms with Crippen LogP contribution in [-0.2, 0) is 0 Å². The lowest BCUT2D eigenvalue weighted by molar-refractivity contribution is 0.106. The standard InChI is InChI=1S/C16H16N2O3/c1-3-11(8-9-17-2)15-10-13(18-20)16(19)12-6-4-5-7-14(12)21-15/h3-9,15,20H,2,10H2,1H3/b9-8-,11-3+,18-13-. The van der Waals surface area contributed by atoms with E-state index >= 15 is 0 Å². The zero-order chi connectivity index (χ0) is 15.2. The number of carbonyl (C=O) groups is 1. The minimum absolute atomic E-state index is 0.0734. The number of hydrogen-bond acceptors (Lipinski definition) is 5. The van der Waals surface area contributed by atoms with Gasteiger partial charge in [-0.25, -0.2) is 0 Å². The van der Waals surface area contributed by atoms with Crippen LogP contribution in [0.3, 0.4) is 0 Å². The van der Waals surface area contributed by atoms with Gasteiger partial charge in [-0.2, -0.15) is 0 Å². The highest BCUT2D eigenvalue weighted by Gasteiger charge is 2.29. The summed E-state index contributed by atoms with van der Waals surface area (Å²) in [7, 11) is 0. The van der Waals surface area contributed by atoms with Crippen LogP contribution in [0.15, 0.2) is 58.3 Å². The number of para-hydroxylation sites is 1. The summed E-state index contributed by atoms with van der Waals surface area (Å²) >= 11 is 0. The summed E-state index contributed by atoms with van der Waals surface area (Å²) in [5.41, 5.74) is 1.30. The predicted octanol–water partition coefficient (Wildman–Crippen LogP) is 3.01. The Kier molecular flexibility index (Phi) is 4.66. The average Bonchev–Trinajstić information content (AvgIpc) is 2.65. The molecule has 1 aromatic carbocycles. The highest BCUT2D eigenvalue weighted by molar-refractivity contribution is 6.46. The maximum atomic E-state index is 12.3. The van der Waals surface area contributed by atoms with Crippen molar-refractivity contribution < 1.29 is 14.7 Å². The zero-order valence-corrected chi connectivity index (χ0v) is 11.7. The molecule has 0 spiro atoms. The van der Waals surface area contributed by atoms with E-state index in [0.29, 0.717) is 11.3 Å². The van der Waals surface area contributed by atoms with Crippen LogP contribution in [0, 0.1) is 0 Å². The molecule has 1 heterocycles. The molecule has 0 saturated heterocycles. The minimum Gasteiger partial charge on any atom is -0.485 e. The van der Waals surface area contributed by atoms with Crippen molar-refractivity contribution in [1.82, 2.24) is 0 Å². The van der Waals surface area contributed by atoms with Crippen LogP contribution in [0.1, 0.15) is 23.7 Å². The zero-order valence-electron chi connectivity index (χ0n) is 11.7. The van der Waals surface area contributed by atoms with E-state index in [0.717, 1.165) is 5.57 Å². The molecule has 0 bridgehead atoms. The molecule has 5 heteroatoms. The second-order valence-electron chi connectivity index (χ2n) is 4.47. The summed E-state index contributed by atoms with van der Waals surface area (Å²) in [5, 5.41) is 12.2. The van der Waals surface area contributed by atoms with Crippen molar-refractivity contribution >= 4 is 18.2 Å². The summed E-state index contributed by atoms with van der Waals surface area (Å²) in [6, 6.07) is 6.92. The Bertz CT molecular complexity index is 645. The van der Waals surface area contributed by atoms with Gasteiger partial charge < -0.3 is 9.94 Å². The number of Topliss-reactive ketones (excluding diaryl/α,β-unsaturated/α-hetero) is 1. The fourth-order valence-corrected chi connectivity index (χ4v) is 2.18. The molecule has 0 fully saturated rings. The summed E-state index contributed by atoms with van der Waals surface area (Å²) in [6.45, 7) is 5.25. The van der Waals surface area contributed by atoms with Crippen molar-refractivity contribution in [1.29, 1.82) is 0 Å². The van der Waals surface area contributed by atoms with Crippen molar-refractivity contribution in [2.75, 3.05) is 0 Å². The second kappa shape index (κ2) is 6.65. The van der Waals surface area contributed by atoms with E-state index in [2.05, 4.69) is 16.9 Å². The quantitative estimate of drug-likeness (QED) is 0.401. The SMILES string of the molecule is C=N/C=C\C(=C/C)C1C/C(=N/O)C(=O)c2ccccc2O1. The van der Waals surface area contributed by atoms with Gasteiger partial charge in [0, 0.05) is 12.6 Å². The summed E-state index contributed by atoms with van der Waals surface area (Å²) in [4.78, 5) is 16.0. The van der Waals surface area contributed by atoms with Gasteiger partial charge in [0.25, 0.3) is 0 Å². The summed E-state index contributed by atoms with van der Waals surface area (Å²) in [5.74, 6) is 0.155. The minimum atomic E-state index is -0.425. The van der Waals surface area contributed by atoms with Crippen molar-refractivity contribution in [2.45, 2.75) is 19.4 Å². The fraction of sp³-hybridized carbons (Fsp3) is 0.188. The summed E-state index contributed by atoms with van der Waals surface area (Å²) < 4.78 is 5.92. The molecule has 21 heavy (non-hydrogen) atoms. The molecule has 2 rings (SSSR count). The second-order valence-corrected chi connectivity index (χ2v) is 4.47. The third-order valence-corrected chi connectivity index (χ3v) is 3.24. The molecule has 0 radical (unpaired) electrons. The smallest absolute Gasteiger partial charge is 0.214 e. The first-order valence-corrected chi connectivity index (χ1v) is 6.51. The molecule has 0 aromatic heterocycles. The number of aliphatic imine (C=N–C) groups is 1. The highest BCUT2D eigenvalue weighted by Crippen LogP contribution is 2.28. The molecule has 0 aliphatic carbocycles. The molecule has 1 aromatic rings. The Labute approximate surface area is 123 Å². The average molecular weight is 284 g/mol. The van der Waals surface area contributed by atoms with Gasteiger partial charge in [-0.1, -0.05) is 23.4 Å². The Balaban J connectivity index is 2.45. The lowest BCUT2D eigenvalue weighted by atomic mass is 10.00. The predicted molar refractivity (Wildman–Crippen MR) is 81.5 cm³/mol. The van der Waals surface area contributed by atoms with Gasteiger partial charge in [0.2, 0.25) is 5.78 Å². The number of ketones is 1. The monoisotopic (exact) mass is 284 g/mol. The van der Waals surface area contributed by atoms with Crippen molar-refractivity contribution in [3.05, 3.63) is 53.8 Å². The van der Waals surface area contributed by atoms with E-state index in [4.69, 9.17) is 9.94 Å². The van der Waals surface area contributed by atoms with Crippen LogP contribution >= 0.6 is 0 Å². The third-order valence-electron chi connectivity index (χ3n) is 3.24. The van der Waals surface area contributed by atoms with Crippen molar-refractivity contribution in [3.8, 4) is 5.75 Å². The Morgan fingerprint density at radius 2 is 2.24 bits per heavy atom. The van der Waals surface area contributed by atoms with Crippen LogP contribution in [0.25, 0.3) is 0 Å². The molecule has 0 amide bonds. The molecule has 1 N–H and O–H groups in total. The van der Waals surface area contributed by atoms with Crippen LogP contribution in [0.4, 0.5) is 0 Å². The molecule has 1 aliphatic heterocycles. The number of hydrogen-bond donors (Lipinski definition) is 1. The number of benzene rings is 1. The number of oxime groups is 1. The lowest BCUT2D eigenvalue weighted by Crippen LogP contribution is -2.23. The lowest BCUT2D eigenvalue weighted by Gasteiger charge is -2.17. The van der Waals surface area contributed by atoms with Gasteiger partial charge in [0.1, 0.15) is 17.6 Å². The van der Waals surface area contributed by atoms with Gasteiger partial charge in [0.15, 0.2) is 0 Å². The number of carbonyl (C=O) groups excluding carboxylic acids is 1. The number of nitrogens with zero attached hydrogens (tertiary/aromatic N) is 2. The van der Waals surface area contributed by atoms with E-state index in [1.54, 1.807) is 36.5 Å². The Hall–Kier alpha value is -2.69. The Morgan fingerprint density at radius 1 is 1.48 bits per heavy atom. The molecule has 1 aliphatic rings. The van der Waals surface area contributed by atoms with E-state index in [-0.39, 0.29) is 17.9 Å². The summed E-state index contributed by atoms with van der Waals surface area (Å²) in [6.07, 6.45) is 4.93. The number of ether oxygens (including phenoxy) is 1. The number of fused-ring (bicyclic) bond motifs is 1. The largest absolute Gasteiger partial charge is 0.485 e. The van der Waals surface area contributed by atoms with Crippen LogP contribution in [0.5, 0.6) is 5.75 Å². The van der Waals surface area contributed by atoms with E-state index in [1.165, 1.54) is 0 Å². The van der Waals surface area contributed by atoms with E-state index in [1.807, 2.05) is 13.0 Å². The first-order chi connectivity index (χ1) is 10.2. The van der Waals surface area contributed by atoms with Crippen molar-refractivity contribution in [3.63, 3.8) is 0 Å². The van der Waals surface area contributed by atoms with Crippen molar-refractivity contribution in [2.24, 2.45) is 10.1 Å². The first-order valence-electron chi connectivity index (χ1n) is 6.51. The molecule has 0 saturated carbocycles. The van der Waals surface area contributed by atoms with Gasteiger partial charge >= 0.3 is 0 Å². The van der Waals surface area contributed by atoms with Crippen LogP contribution in [-0.4, -0.2) is 29.5 Å². The normalized spacial score (nSPS) is 21.0. The first kappa shape index (κ1) is 14.7. The number of allylic oxidation sites excluding steroid dienone is 1. The molecule has 5 nitrogen and oxygen atoms in total. The molecule has 1 atom stereocenters. The molecular weight excluding hydrogens is 268 g/mol. The Morgan fingerprint density at radius 3 is 2.90 bits per heavy atom. The van der Waals surface area contributed by atoms with E-state index < -0.39 is 6.10 Å². The molecule has 1 unspecified atom stereocenters. The maximum Gasteiger partial charge on any atom is 0.214 e. The fourth-order valence-electron chi connectivity index (χ4n) is 2.18. The highest BCUT2D eigenvalue weighted by atomic mass is 16.5. The molecular formula is C16H16N2O3. The third kappa shape index (κ3) is 3.08. The van der Waals surface area contributed by atoms with Gasteiger partial charge in [-0.3, -0.25) is 9.79 Å². The van der Waals surface area contributed by atoms with Crippen LogP contribution < -0.4 is 4.74 Å². The van der Waals surface area contributed by atoms with Gasteiger partial charge in [-0.15, -0.1) is 0 Å².